The average Bonchev–Trinajstić information content (AvgIpc) is 2.74. The van der Waals surface area contributed by atoms with E-state index in [1.54, 1.807) is 0 Å². The second-order valence-electron chi connectivity index (χ2n) is 3.98. The Morgan fingerprint density at radius 2 is 2.47 bits per heavy atom. The highest BCUT2D eigenvalue weighted by Gasteiger charge is 2.13. The van der Waals surface area contributed by atoms with Crippen molar-refractivity contribution in [2.24, 2.45) is 5.92 Å². The molecule has 1 aromatic rings. The molecular formula is C11H16ClN3. The summed E-state index contributed by atoms with van der Waals surface area (Å²) >= 11 is 5.71. The zero-order valence-corrected chi connectivity index (χ0v) is 9.43. The number of aromatic nitrogens is 1. The standard InChI is InChI=1S/C11H16ClN3/c12-11-2-1-9(8-15-11)6-14-7-10-3-4-13-5-10/h1-2,8,10,13-14H,3-7H2. The Hall–Kier alpha value is -0.640. The van der Waals surface area contributed by atoms with Crippen LogP contribution in [-0.2, 0) is 6.54 Å². The van der Waals surface area contributed by atoms with Gasteiger partial charge in [0, 0.05) is 12.7 Å². The molecule has 1 aromatic heterocycles. The van der Waals surface area contributed by atoms with Crippen LogP contribution in [0, 0.1) is 5.92 Å². The van der Waals surface area contributed by atoms with Gasteiger partial charge in [0.1, 0.15) is 5.15 Å². The Kier molecular flexibility index (Phi) is 3.94. The highest BCUT2D eigenvalue weighted by molar-refractivity contribution is 6.29. The fourth-order valence-corrected chi connectivity index (χ4v) is 1.93. The number of halogens is 1. The molecule has 15 heavy (non-hydrogen) atoms. The van der Waals surface area contributed by atoms with E-state index in [1.807, 2.05) is 18.3 Å². The summed E-state index contributed by atoms with van der Waals surface area (Å²) in [7, 11) is 0. The van der Waals surface area contributed by atoms with Crippen molar-refractivity contribution in [3.05, 3.63) is 29.0 Å². The van der Waals surface area contributed by atoms with Crippen LogP contribution in [-0.4, -0.2) is 24.6 Å². The summed E-state index contributed by atoms with van der Waals surface area (Å²) in [5.41, 5.74) is 1.19. The maximum absolute atomic E-state index is 5.71. The van der Waals surface area contributed by atoms with Crippen molar-refractivity contribution < 1.29 is 0 Å². The maximum atomic E-state index is 5.71. The van der Waals surface area contributed by atoms with E-state index in [0.29, 0.717) is 5.15 Å². The van der Waals surface area contributed by atoms with E-state index in [4.69, 9.17) is 11.6 Å². The van der Waals surface area contributed by atoms with Gasteiger partial charge in [0.05, 0.1) is 0 Å². The monoisotopic (exact) mass is 225 g/mol. The number of hydrogen-bond donors (Lipinski definition) is 2. The van der Waals surface area contributed by atoms with Crippen LogP contribution in [0.1, 0.15) is 12.0 Å². The van der Waals surface area contributed by atoms with Gasteiger partial charge in [0.15, 0.2) is 0 Å². The lowest BCUT2D eigenvalue weighted by Crippen LogP contribution is -2.24. The fourth-order valence-electron chi connectivity index (χ4n) is 1.82. The maximum Gasteiger partial charge on any atom is 0.129 e. The quantitative estimate of drug-likeness (QED) is 0.762. The molecule has 0 bridgehead atoms. The number of hydrogen-bond acceptors (Lipinski definition) is 3. The van der Waals surface area contributed by atoms with E-state index in [1.165, 1.54) is 12.0 Å². The first kappa shape index (κ1) is 10.9. The van der Waals surface area contributed by atoms with Crippen LogP contribution < -0.4 is 10.6 Å². The molecule has 0 aromatic carbocycles. The van der Waals surface area contributed by atoms with Gasteiger partial charge in [-0.05, 0) is 43.6 Å². The van der Waals surface area contributed by atoms with Gasteiger partial charge in [-0.25, -0.2) is 4.98 Å². The van der Waals surface area contributed by atoms with Crippen molar-refractivity contribution in [2.45, 2.75) is 13.0 Å². The molecule has 0 radical (unpaired) electrons. The first-order valence-corrected chi connectivity index (χ1v) is 5.74. The molecular weight excluding hydrogens is 210 g/mol. The van der Waals surface area contributed by atoms with E-state index < -0.39 is 0 Å². The minimum absolute atomic E-state index is 0.554. The van der Waals surface area contributed by atoms with E-state index in [-0.39, 0.29) is 0 Å². The van der Waals surface area contributed by atoms with Crippen molar-refractivity contribution in [2.75, 3.05) is 19.6 Å². The Labute approximate surface area is 95.2 Å². The lowest BCUT2D eigenvalue weighted by atomic mass is 10.1. The first-order chi connectivity index (χ1) is 7.34. The summed E-state index contributed by atoms with van der Waals surface area (Å²) in [5.74, 6) is 0.783. The highest BCUT2D eigenvalue weighted by atomic mass is 35.5. The molecule has 3 nitrogen and oxygen atoms in total. The smallest absolute Gasteiger partial charge is 0.129 e. The largest absolute Gasteiger partial charge is 0.316 e. The predicted molar refractivity (Wildman–Crippen MR) is 61.9 cm³/mol. The zero-order valence-electron chi connectivity index (χ0n) is 8.67. The summed E-state index contributed by atoms with van der Waals surface area (Å²) in [5, 5.41) is 7.35. The Balaban J connectivity index is 1.71. The Bertz CT molecular complexity index is 293. The fraction of sp³-hybridized carbons (Fsp3) is 0.545. The molecule has 4 heteroatoms. The van der Waals surface area contributed by atoms with Crippen LogP contribution in [0.15, 0.2) is 18.3 Å². The van der Waals surface area contributed by atoms with Gasteiger partial charge in [-0.2, -0.15) is 0 Å². The SMILES string of the molecule is Clc1ccc(CNCC2CCNC2)cn1. The minimum Gasteiger partial charge on any atom is -0.316 e. The van der Waals surface area contributed by atoms with Crippen LogP contribution in [0.4, 0.5) is 0 Å². The molecule has 82 valence electrons. The molecule has 2 N–H and O–H groups in total. The molecule has 1 atom stereocenters. The molecule has 0 aliphatic carbocycles. The lowest BCUT2D eigenvalue weighted by molar-refractivity contribution is 0.512. The summed E-state index contributed by atoms with van der Waals surface area (Å²) in [6, 6.07) is 3.84. The topological polar surface area (TPSA) is 37.0 Å². The van der Waals surface area contributed by atoms with E-state index in [2.05, 4.69) is 15.6 Å². The molecule has 2 heterocycles. The number of nitrogens with zero attached hydrogens (tertiary/aromatic N) is 1. The first-order valence-electron chi connectivity index (χ1n) is 5.36. The third-order valence-electron chi connectivity index (χ3n) is 2.71. The van der Waals surface area contributed by atoms with Crippen LogP contribution in [0.2, 0.25) is 5.15 Å². The van der Waals surface area contributed by atoms with Gasteiger partial charge >= 0.3 is 0 Å². The lowest BCUT2D eigenvalue weighted by Gasteiger charge is -2.09. The van der Waals surface area contributed by atoms with Gasteiger partial charge in [0.2, 0.25) is 0 Å². The van der Waals surface area contributed by atoms with Crippen LogP contribution >= 0.6 is 11.6 Å². The van der Waals surface area contributed by atoms with Gasteiger partial charge in [-0.3, -0.25) is 0 Å². The summed E-state index contributed by atoms with van der Waals surface area (Å²) in [6.07, 6.45) is 3.11. The van der Waals surface area contributed by atoms with E-state index in [0.717, 1.165) is 32.1 Å². The molecule has 2 rings (SSSR count). The minimum atomic E-state index is 0.554. The van der Waals surface area contributed by atoms with Crippen LogP contribution in [0.5, 0.6) is 0 Å². The van der Waals surface area contributed by atoms with Crippen LogP contribution in [0.3, 0.4) is 0 Å². The van der Waals surface area contributed by atoms with Gasteiger partial charge in [-0.1, -0.05) is 17.7 Å². The molecule has 0 saturated carbocycles. The third-order valence-corrected chi connectivity index (χ3v) is 2.94. The normalized spacial score (nSPS) is 20.7. The predicted octanol–water partition coefficient (Wildman–Crippen LogP) is 1.43. The zero-order chi connectivity index (χ0) is 10.5. The molecule has 0 amide bonds. The van der Waals surface area contributed by atoms with Crippen molar-refractivity contribution >= 4 is 11.6 Å². The summed E-state index contributed by atoms with van der Waals surface area (Å²) < 4.78 is 0. The number of nitrogens with one attached hydrogen (secondary N) is 2. The summed E-state index contributed by atoms with van der Waals surface area (Å²) in [6.45, 7) is 4.26. The van der Waals surface area contributed by atoms with E-state index in [9.17, 15) is 0 Å². The molecule has 1 fully saturated rings. The second-order valence-corrected chi connectivity index (χ2v) is 4.37. The van der Waals surface area contributed by atoms with Crippen molar-refractivity contribution in [1.82, 2.24) is 15.6 Å². The van der Waals surface area contributed by atoms with E-state index >= 15 is 0 Å². The van der Waals surface area contributed by atoms with Gasteiger partial charge in [0.25, 0.3) is 0 Å². The van der Waals surface area contributed by atoms with Gasteiger partial charge in [-0.15, -0.1) is 0 Å². The molecule has 1 unspecified atom stereocenters. The van der Waals surface area contributed by atoms with Crippen molar-refractivity contribution in [3.8, 4) is 0 Å². The molecule has 0 spiro atoms. The molecule has 1 aliphatic rings. The molecule has 1 aliphatic heterocycles. The Morgan fingerprint density at radius 3 is 3.13 bits per heavy atom. The van der Waals surface area contributed by atoms with Crippen LogP contribution in [0.25, 0.3) is 0 Å². The second kappa shape index (κ2) is 5.45. The average molecular weight is 226 g/mol. The number of rotatable bonds is 4. The highest BCUT2D eigenvalue weighted by Crippen LogP contribution is 2.07. The summed E-state index contributed by atoms with van der Waals surface area (Å²) in [4.78, 5) is 4.04. The molecule has 1 saturated heterocycles. The third kappa shape index (κ3) is 3.45. The van der Waals surface area contributed by atoms with Crippen molar-refractivity contribution in [3.63, 3.8) is 0 Å². The number of pyridine rings is 1. The van der Waals surface area contributed by atoms with Gasteiger partial charge < -0.3 is 10.6 Å². The van der Waals surface area contributed by atoms with Crippen molar-refractivity contribution in [1.29, 1.82) is 0 Å². The Morgan fingerprint density at radius 1 is 1.53 bits per heavy atom.